The van der Waals surface area contributed by atoms with Gasteiger partial charge in [0.25, 0.3) is 5.91 Å². The van der Waals surface area contributed by atoms with Gasteiger partial charge in [0.15, 0.2) is 0 Å². The molecule has 3 rings (SSSR count). The highest BCUT2D eigenvalue weighted by molar-refractivity contribution is 5.94. The van der Waals surface area contributed by atoms with Crippen molar-refractivity contribution >= 4 is 5.91 Å². The number of aromatic hydroxyl groups is 1. The molecule has 1 unspecified atom stereocenters. The third kappa shape index (κ3) is 3.22. The number of fused-ring (bicyclic) bond motifs is 1. The number of phenols is 1. The third-order valence-corrected chi connectivity index (χ3v) is 4.38. The Balaban J connectivity index is 1.70. The molecule has 1 atom stereocenters. The van der Waals surface area contributed by atoms with Crippen LogP contribution in [0.1, 0.15) is 39.5 Å². The molecular formula is C19H22N2O2. The first-order chi connectivity index (χ1) is 11.1. The van der Waals surface area contributed by atoms with E-state index in [9.17, 15) is 9.90 Å². The number of hydrogen-bond acceptors (Lipinski definition) is 3. The zero-order valence-corrected chi connectivity index (χ0v) is 13.5. The van der Waals surface area contributed by atoms with Gasteiger partial charge in [-0.2, -0.15) is 0 Å². The van der Waals surface area contributed by atoms with E-state index in [0.29, 0.717) is 17.9 Å². The van der Waals surface area contributed by atoms with Crippen LogP contribution in [0.25, 0.3) is 0 Å². The Labute approximate surface area is 136 Å². The normalized spacial score (nSPS) is 16.2. The number of carbonyl (C=O) groups is 1. The van der Waals surface area contributed by atoms with Crippen molar-refractivity contribution in [2.45, 2.75) is 25.4 Å². The molecule has 0 heterocycles. The Morgan fingerprint density at radius 1 is 1.26 bits per heavy atom. The van der Waals surface area contributed by atoms with Crippen LogP contribution in [0.2, 0.25) is 0 Å². The summed E-state index contributed by atoms with van der Waals surface area (Å²) in [5.41, 5.74) is 4.04. The Kier molecular flexibility index (Phi) is 4.35. The summed E-state index contributed by atoms with van der Waals surface area (Å²) in [5, 5.41) is 13.5. The Bertz CT molecular complexity index is 725. The third-order valence-electron chi connectivity index (χ3n) is 4.38. The molecule has 0 saturated heterocycles. The highest BCUT2D eigenvalue weighted by Crippen LogP contribution is 2.36. The SMILES string of the molecule is CN(C)C(=O)c1cccc(CNC2CCc3c(O)cccc32)c1. The highest BCUT2D eigenvalue weighted by Gasteiger charge is 2.24. The molecule has 0 fully saturated rings. The second kappa shape index (κ2) is 6.42. The first kappa shape index (κ1) is 15.6. The summed E-state index contributed by atoms with van der Waals surface area (Å²) in [4.78, 5) is 13.6. The van der Waals surface area contributed by atoms with Crippen LogP contribution in [-0.4, -0.2) is 30.0 Å². The standard InChI is InChI=1S/C19H22N2O2/c1-21(2)19(23)14-6-3-5-13(11-14)12-20-17-10-9-16-15(17)7-4-8-18(16)22/h3-8,11,17,20,22H,9-10,12H2,1-2H3. The first-order valence-electron chi connectivity index (χ1n) is 7.91. The van der Waals surface area contributed by atoms with E-state index >= 15 is 0 Å². The van der Waals surface area contributed by atoms with Crippen LogP contribution in [0.5, 0.6) is 5.75 Å². The van der Waals surface area contributed by atoms with Crippen molar-refractivity contribution in [1.82, 2.24) is 10.2 Å². The topological polar surface area (TPSA) is 52.6 Å². The van der Waals surface area contributed by atoms with Crippen molar-refractivity contribution in [3.05, 3.63) is 64.7 Å². The lowest BCUT2D eigenvalue weighted by Crippen LogP contribution is -2.22. The number of amides is 1. The molecule has 1 amide bonds. The molecule has 1 aliphatic carbocycles. The lowest BCUT2D eigenvalue weighted by molar-refractivity contribution is 0.0827. The predicted molar refractivity (Wildman–Crippen MR) is 90.5 cm³/mol. The summed E-state index contributed by atoms with van der Waals surface area (Å²) in [6.45, 7) is 0.703. The Hall–Kier alpha value is -2.33. The number of rotatable bonds is 4. The molecule has 0 radical (unpaired) electrons. The minimum atomic E-state index is 0.0167. The van der Waals surface area contributed by atoms with Crippen LogP contribution in [0.3, 0.4) is 0 Å². The maximum absolute atomic E-state index is 12.0. The molecule has 0 bridgehead atoms. The molecule has 2 aromatic carbocycles. The van der Waals surface area contributed by atoms with Crippen LogP contribution >= 0.6 is 0 Å². The van der Waals surface area contributed by atoms with Gasteiger partial charge in [-0.3, -0.25) is 4.79 Å². The monoisotopic (exact) mass is 310 g/mol. The van der Waals surface area contributed by atoms with Crippen LogP contribution in [0, 0.1) is 0 Å². The van der Waals surface area contributed by atoms with Crippen LogP contribution in [-0.2, 0) is 13.0 Å². The van der Waals surface area contributed by atoms with E-state index in [0.717, 1.165) is 24.0 Å². The van der Waals surface area contributed by atoms with E-state index < -0.39 is 0 Å². The van der Waals surface area contributed by atoms with Crippen molar-refractivity contribution in [2.24, 2.45) is 0 Å². The lowest BCUT2D eigenvalue weighted by atomic mass is 10.1. The van der Waals surface area contributed by atoms with Gasteiger partial charge in [-0.05, 0) is 47.7 Å². The molecule has 0 spiro atoms. The van der Waals surface area contributed by atoms with Gasteiger partial charge in [-0.1, -0.05) is 24.3 Å². The summed E-state index contributed by atoms with van der Waals surface area (Å²) in [7, 11) is 3.52. The van der Waals surface area contributed by atoms with Crippen molar-refractivity contribution < 1.29 is 9.90 Å². The maximum atomic E-state index is 12.0. The fourth-order valence-electron chi connectivity index (χ4n) is 3.16. The largest absolute Gasteiger partial charge is 0.508 e. The molecule has 4 heteroatoms. The molecule has 4 nitrogen and oxygen atoms in total. The second-order valence-electron chi connectivity index (χ2n) is 6.22. The smallest absolute Gasteiger partial charge is 0.253 e. The minimum absolute atomic E-state index is 0.0167. The quantitative estimate of drug-likeness (QED) is 0.913. The number of hydrogen-bond donors (Lipinski definition) is 2. The van der Waals surface area contributed by atoms with Crippen molar-refractivity contribution in [3.63, 3.8) is 0 Å². The van der Waals surface area contributed by atoms with Crippen molar-refractivity contribution in [1.29, 1.82) is 0 Å². The van der Waals surface area contributed by atoms with Gasteiger partial charge in [-0.25, -0.2) is 0 Å². The summed E-state index contributed by atoms with van der Waals surface area (Å²) in [6.07, 6.45) is 1.89. The molecule has 1 aliphatic rings. The van der Waals surface area contributed by atoms with Crippen LogP contribution in [0.15, 0.2) is 42.5 Å². The molecule has 0 saturated carbocycles. The van der Waals surface area contributed by atoms with Gasteiger partial charge in [0.05, 0.1) is 0 Å². The van der Waals surface area contributed by atoms with E-state index in [2.05, 4.69) is 11.4 Å². The van der Waals surface area contributed by atoms with Gasteiger partial charge >= 0.3 is 0 Å². The van der Waals surface area contributed by atoms with Crippen LogP contribution in [0.4, 0.5) is 0 Å². The molecule has 0 aliphatic heterocycles. The van der Waals surface area contributed by atoms with E-state index in [-0.39, 0.29) is 11.9 Å². The van der Waals surface area contributed by atoms with Gasteiger partial charge in [-0.15, -0.1) is 0 Å². The first-order valence-corrected chi connectivity index (χ1v) is 7.91. The fourth-order valence-corrected chi connectivity index (χ4v) is 3.16. The second-order valence-corrected chi connectivity index (χ2v) is 6.22. The Morgan fingerprint density at radius 3 is 2.83 bits per heavy atom. The van der Waals surface area contributed by atoms with Gasteiger partial charge in [0.2, 0.25) is 0 Å². The highest BCUT2D eigenvalue weighted by atomic mass is 16.3. The molecular weight excluding hydrogens is 288 g/mol. The summed E-state index contributed by atoms with van der Waals surface area (Å²) in [5.74, 6) is 0.411. The number of carbonyl (C=O) groups excluding carboxylic acids is 1. The van der Waals surface area contributed by atoms with E-state index in [1.165, 1.54) is 5.56 Å². The summed E-state index contributed by atoms with van der Waals surface area (Å²) < 4.78 is 0. The summed E-state index contributed by atoms with van der Waals surface area (Å²) in [6, 6.07) is 13.7. The number of benzene rings is 2. The average molecular weight is 310 g/mol. The van der Waals surface area contributed by atoms with Crippen molar-refractivity contribution in [3.8, 4) is 5.75 Å². The summed E-state index contributed by atoms with van der Waals surface area (Å²) >= 11 is 0. The van der Waals surface area contributed by atoms with Crippen LogP contribution < -0.4 is 5.32 Å². The zero-order valence-electron chi connectivity index (χ0n) is 13.5. The number of nitrogens with one attached hydrogen (secondary N) is 1. The van der Waals surface area contributed by atoms with E-state index in [1.807, 2.05) is 30.3 Å². The van der Waals surface area contributed by atoms with E-state index in [1.54, 1.807) is 25.1 Å². The van der Waals surface area contributed by atoms with Gasteiger partial charge in [0.1, 0.15) is 5.75 Å². The van der Waals surface area contributed by atoms with Crippen molar-refractivity contribution in [2.75, 3.05) is 14.1 Å². The maximum Gasteiger partial charge on any atom is 0.253 e. The average Bonchev–Trinajstić information content (AvgIpc) is 2.97. The Morgan fingerprint density at radius 2 is 2.04 bits per heavy atom. The van der Waals surface area contributed by atoms with Gasteiger partial charge in [0, 0.05) is 32.2 Å². The molecule has 0 aromatic heterocycles. The van der Waals surface area contributed by atoms with E-state index in [4.69, 9.17) is 0 Å². The number of phenolic OH excluding ortho intramolecular Hbond substituents is 1. The predicted octanol–water partition coefficient (Wildman–Crippen LogP) is 2.87. The number of nitrogens with zero attached hydrogens (tertiary/aromatic N) is 1. The molecule has 120 valence electrons. The lowest BCUT2D eigenvalue weighted by Gasteiger charge is -2.15. The molecule has 23 heavy (non-hydrogen) atoms. The minimum Gasteiger partial charge on any atom is -0.508 e. The molecule has 2 aromatic rings. The fraction of sp³-hybridized carbons (Fsp3) is 0.316. The van der Waals surface area contributed by atoms with Gasteiger partial charge < -0.3 is 15.3 Å². The zero-order chi connectivity index (χ0) is 16.4. The molecule has 2 N–H and O–H groups in total.